The molecule has 0 N–H and O–H groups in total. The highest BCUT2D eigenvalue weighted by Gasteiger charge is 2.38. The van der Waals surface area contributed by atoms with Gasteiger partial charge in [-0.1, -0.05) is 68.4 Å². The van der Waals surface area contributed by atoms with E-state index in [0.717, 1.165) is 6.42 Å². The fraction of sp³-hybridized carbons (Fsp3) is 0.727. The summed E-state index contributed by atoms with van der Waals surface area (Å²) in [6, 6.07) is 2.50. The lowest BCUT2D eigenvalue weighted by atomic mass is 9.61. The van der Waals surface area contributed by atoms with Crippen molar-refractivity contribution in [3.8, 4) is 0 Å². The van der Waals surface area contributed by atoms with Gasteiger partial charge in [0.25, 0.3) is 0 Å². The zero-order valence-electron chi connectivity index (χ0n) is 17.2. The van der Waals surface area contributed by atoms with Crippen LogP contribution in [0.5, 0.6) is 0 Å². The molecule has 1 aliphatic rings. The van der Waals surface area contributed by atoms with E-state index in [1.165, 1.54) is 24.0 Å². The number of benzene rings is 1. The molecule has 0 fully saturated rings. The maximum Gasteiger partial charge on any atom is -0.00976 e. The van der Waals surface area contributed by atoms with Gasteiger partial charge in [0, 0.05) is 0 Å². The quantitative estimate of drug-likeness (QED) is 0.512. The summed E-state index contributed by atoms with van der Waals surface area (Å²) in [5.74, 6) is 0. The first kappa shape index (κ1) is 21.2. The van der Waals surface area contributed by atoms with E-state index < -0.39 is 0 Å². The summed E-state index contributed by atoms with van der Waals surface area (Å²) in [5.41, 5.74) is 8.52. The van der Waals surface area contributed by atoms with Crippen molar-refractivity contribution in [1.82, 2.24) is 0 Å². The monoisotopic (exact) mass is 304 g/mol. The van der Waals surface area contributed by atoms with Crippen LogP contribution in [0.25, 0.3) is 0 Å². The largest absolute Gasteiger partial charge is 0.0683 e. The molecule has 0 radical (unpaired) electrons. The molecule has 1 aromatic rings. The molecule has 0 bridgehead atoms. The Labute approximate surface area is 140 Å². The summed E-state index contributed by atoms with van der Waals surface area (Å²) in [5, 5.41) is 0. The van der Waals surface area contributed by atoms with Gasteiger partial charge < -0.3 is 0 Å². The normalized spacial score (nSPS) is 17.4. The van der Waals surface area contributed by atoms with Crippen molar-refractivity contribution in [3.05, 3.63) is 33.9 Å². The highest BCUT2D eigenvalue weighted by molar-refractivity contribution is 5.52. The first-order valence-electron chi connectivity index (χ1n) is 9.35. The van der Waals surface area contributed by atoms with Crippen molar-refractivity contribution in [1.29, 1.82) is 0 Å². The molecule has 0 saturated heterocycles. The van der Waals surface area contributed by atoms with E-state index in [2.05, 4.69) is 54.5 Å². The fourth-order valence-electron chi connectivity index (χ4n) is 3.64. The Morgan fingerprint density at radius 3 is 1.73 bits per heavy atom. The third kappa shape index (κ3) is 3.94. The first-order chi connectivity index (χ1) is 10.2. The van der Waals surface area contributed by atoms with Crippen LogP contribution in [0, 0.1) is 13.8 Å². The van der Waals surface area contributed by atoms with Gasteiger partial charge in [0.2, 0.25) is 0 Å². The molecule has 1 aromatic carbocycles. The minimum absolute atomic E-state index is 0.339. The summed E-state index contributed by atoms with van der Waals surface area (Å²) >= 11 is 0. The molecule has 0 unspecified atom stereocenters. The smallest absolute Gasteiger partial charge is 0.00976 e. The van der Waals surface area contributed by atoms with Gasteiger partial charge in [-0.2, -0.15) is 0 Å². The Morgan fingerprint density at radius 2 is 1.27 bits per heavy atom. The predicted octanol–water partition coefficient (Wildman–Crippen LogP) is 7.27. The van der Waals surface area contributed by atoms with Crippen molar-refractivity contribution in [2.24, 2.45) is 0 Å². The van der Waals surface area contributed by atoms with Crippen LogP contribution in [0.3, 0.4) is 0 Å². The van der Waals surface area contributed by atoms with E-state index in [1.54, 1.807) is 16.7 Å². The van der Waals surface area contributed by atoms with Gasteiger partial charge in [-0.25, -0.2) is 0 Å². The summed E-state index contributed by atoms with van der Waals surface area (Å²) in [6.45, 7) is 24.6. The lowest BCUT2D eigenvalue weighted by Crippen LogP contribution is -2.35. The molecule has 22 heavy (non-hydrogen) atoms. The second-order valence-electron chi connectivity index (χ2n) is 7.33. The zero-order chi connectivity index (χ0) is 17.7. The standard InChI is InChI=1S/C18H28.2C2H6/c1-8-14-11-15-16(13(3)12(14)2)18(6,7)10-9-17(15,4)5;2*1-2/h11H,8-10H2,1-7H3;2*1-2H3. The SMILES string of the molecule is CC.CC.CCc1cc2c(c(C)c1C)C(C)(C)CCC2(C)C. The molecular formula is C22H40. The van der Waals surface area contributed by atoms with E-state index in [9.17, 15) is 0 Å². The average Bonchev–Trinajstić information content (AvgIpc) is 2.50. The van der Waals surface area contributed by atoms with Gasteiger partial charge in [-0.3, -0.25) is 0 Å². The number of rotatable bonds is 1. The second kappa shape index (κ2) is 8.18. The number of hydrogen-bond acceptors (Lipinski definition) is 0. The van der Waals surface area contributed by atoms with E-state index in [4.69, 9.17) is 0 Å². The van der Waals surface area contributed by atoms with Crippen molar-refractivity contribution < 1.29 is 0 Å². The molecule has 0 amide bonds. The first-order valence-corrected chi connectivity index (χ1v) is 9.35. The van der Waals surface area contributed by atoms with E-state index >= 15 is 0 Å². The topological polar surface area (TPSA) is 0 Å². The Balaban J connectivity index is 0.00000102. The lowest BCUT2D eigenvalue weighted by molar-refractivity contribution is 0.330. The van der Waals surface area contributed by atoms with Crippen LogP contribution >= 0.6 is 0 Å². The Kier molecular flexibility index (Phi) is 7.89. The molecule has 0 saturated carbocycles. The molecule has 0 heteroatoms. The third-order valence-electron chi connectivity index (χ3n) is 5.17. The predicted molar refractivity (Wildman–Crippen MR) is 103 cm³/mol. The van der Waals surface area contributed by atoms with Crippen molar-refractivity contribution in [2.75, 3.05) is 0 Å². The molecule has 1 aliphatic carbocycles. The average molecular weight is 305 g/mol. The van der Waals surface area contributed by atoms with E-state index in [1.807, 2.05) is 27.7 Å². The van der Waals surface area contributed by atoms with Crippen molar-refractivity contribution in [3.63, 3.8) is 0 Å². The molecule has 0 atom stereocenters. The zero-order valence-corrected chi connectivity index (χ0v) is 17.2. The molecule has 0 aromatic heterocycles. The minimum Gasteiger partial charge on any atom is -0.0683 e. The maximum absolute atomic E-state index is 2.50. The highest BCUT2D eigenvalue weighted by atomic mass is 14.4. The third-order valence-corrected chi connectivity index (χ3v) is 5.17. The molecule has 2 rings (SSSR count). The van der Waals surface area contributed by atoms with Crippen LogP contribution in [0.2, 0.25) is 0 Å². The summed E-state index contributed by atoms with van der Waals surface area (Å²) in [6.07, 6.45) is 3.76. The Morgan fingerprint density at radius 1 is 0.818 bits per heavy atom. The van der Waals surface area contributed by atoms with Crippen LogP contribution < -0.4 is 0 Å². The van der Waals surface area contributed by atoms with Gasteiger partial charge in [0.15, 0.2) is 0 Å². The fourth-order valence-corrected chi connectivity index (χ4v) is 3.64. The lowest BCUT2D eigenvalue weighted by Gasteiger charge is -2.43. The summed E-state index contributed by atoms with van der Waals surface area (Å²) < 4.78 is 0. The number of hydrogen-bond donors (Lipinski definition) is 0. The minimum atomic E-state index is 0.339. The Hall–Kier alpha value is -0.780. The van der Waals surface area contributed by atoms with Crippen LogP contribution in [0.15, 0.2) is 6.07 Å². The molecule has 0 spiro atoms. The van der Waals surface area contributed by atoms with Crippen molar-refractivity contribution >= 4 is 0 Å². The van der Waals surface area contributed by atoms with Gasteiger partial charge in [-0.05, 0) is 71.8 Å². The van der Waals surface area contributed by atoms with E-state index in [-0.39, 0.29) is 0 Å². The Bertz CT molecular complexity index is 475. The molecule has 0 heterocycles. The summed E-state index contributed by atoms with van der Waals surface area (Å²) in [4.78, 5) is 0. The van der Waals surface area contributed by atoms with Gasteiger partial charge >= 0.3 is 0 Å². The second-order valence-corrected chi connectivity index (χ2v) is 7.33. The molecular weight excluding hydrogens is 264 g/mol. The number of fused-ring (bicyclic) bond motifs is 1. The van der Waals surface area contributed by atoms with Crippen molar-refractivity contribution in [2.45, 2.75) is 106 Å². The van der Waals surface area contributed by atoms with Crippen LogP contribution in [-0.4, -0.2) is 0 Å². The van der Waals surface area contributed by atoms with Gasteiger partial charge in [0.05, 0.1) is 0 Å². The maximum atomic E-state index is 2.50. The van der Waals surface area contributed by atoms with Crippen LogP contribution in [0.4, 0.5) is 0 Å². The van der Waals surface area contributed by atoms with Crippen LogP contribution in [0.1, 0.15) is 103 Å². The van der Waals surface area contributed by atoms with E-state index in [0.29, 0.717) is 10.8 Å². The van der Waals surface area contributed by atoms with Gasteiger partial charge in [0.1, 0.15) is 0 Å². The van der Waals surface area contributed by atoms with Gasteiger partial charge in [-0.15, -0.1) is 0 Å². The molecule has 0 aliphatic heterocycles. The molecule has 128 valence electrons. The summed E-state index contributed by atoms with van der Waals surface area (Å²) in [7, 11) is 0. The van der Waals surface area contributed by atoms with Crippen LogP contribution in [-0.2, 0) is 17.3 Å². The molecule has 0 nitrogen and oxygen atoms in total. The number of aryl methyl sites for hydroxylation is 1. The highest BCUT2D eigenvalue weighted by Crippen LogP contribution is 2.48.